The van der Waals surface area contributed by atoms with Crippen molar-refractivity contribution in [2.24, 2.45) is 0 Å². The highest BCUT2D eigenvalue weighted by atomic mass is 16.5. The lowest BCUT2D eigenvalue weighted by Gasteiger charge is -2.17. The quantitative estimate of drug-likeness (QED) is 0.700. The van der Waals surface area contributed by atoms with E-state index in [4.69, 9.17) is 9.26 Å². The zero-order chi connectivity index (χ0) is 16.1. The summed E-state index contributed by atoms with van der Waals surface area (Å²) in [5.41, 5.74) is 1.87. The van der Waals surface area contributed by atoms with Gasteiger partial charge in [-0.3, -0.25) is 0 Å². The van der Waals surface area contributed by atoms with Gasteiger partial charge in [0.05, 0.1) is 7.11 Å². The summed E-state index contributed by atoms with van der Waals surface area (Å²) in [5.74, 6) is 1.59. The lowest BCUT2D eigenvalue weighted by atomic mass is 9.96. The first-order chi connectivity index (χ1) is 11.3. The lowest BCUT2D eigenvalue weighted by molar-refractivity contribution is 0.277. The molecule has 0 bridgehead atoms. The minimum Gasteiger partial charge on any atom is -0.496 e. The number of methoxy groups -OCH3 is 1. The molecule has 0 aliphatic carbocycles. The number of nitrogens with one attached hydrogen (secondary N) is 1. The molecule has 120 valence electrons. The van der Waals surface area contributed by atoms with Crippen LogP contribution in [0.4, 0.5) is 5.82 Å². The summed E-state index contributed by atoms with van der Waals surface area (Å²) in [7, 11) is 1.63. The van der Waals surface area contributed by atoms with Crippen molar-refractivity contribution in [1.82, 2.24) is 5.16 Å². The molecule has 3 rings (SSSR count). The Morgan fingerprint density at radius 1 is 1.17 bits per heavy atom. The van der Waals surface area contributed by atoms with Crippen molar-refractivity contribution in [2.45, 2.75) is 12.3 Å². The van der Waals surface area contributed by atoms with Crippen molar-refractivity contribution in [3.05, 3.63) is 54.1 Å². The van der Waals surface area contributed by atoms with E-state index in [1.165, 1.54) is 5.56 Å². The van der Waals surface area contributed by atoms with E-state index in [0.717, 1.165) is 11.1 Å². The Hall–Kier alpha value is -2.53. The molecule has 2 N–H and O–H groups in total. The number of benzene rings is 2. The molecule has 23 heavy (non-hydrogen) atoms. The number of ether oxygens (including phenoxy) is 1. The molecule has 5 heteroatoms. The lowest BCUT2D eigenvalue weighted by Crippen LogP contribution is -2.14. The summed E-state index contributed by atoms with van der Waals surface area (Å²) in [6.45, 7) is 0.800. The monoisotopic (exact) mass is 312 g/mol. The highest BCUT2D eigenvalue weighted by molar-refractivity contribution is 5.93. The van der Waals surface area contributed by atoms with E-state index in [9.17, 15) is 5.11 Å². The van der Waals surface area contributed by atoms with Crippen LogP contribution in [0.5, 0.6) is 5.75 Å². The van der Waals surface area contributed by atoms with Crippen molar-refractivity contribution in [1.29, 1.82) is 0 Å². The number of hydrogen-bond acceptors (Lipinski definition) is 5. The second kappa shape index (κ2) is 7.15. The summed E-state index contributed by atoms with van der Waals surface area (Å²) < 4.78 is 10.7. The number of rotatable bonds is 7. The number of aliphatic hydroxyl groups is 1. The van der Waals surface area contributed by atoms with Gasteiger partial charge in [-0.15, -0.1) is 0 Å². The molecule has 0 aliphatic rings. The number of hydrogen-bond donors (Lipinski definition) is 2. The Labute approximate surface area is 134 Å². The standard InChI is InChI=1S/C18H20N2O3/c1-22-15-8-5-9-16-17(15)18(20-23-16)19-12-14(10-11-21)13-6-3-2-4-7-13/h2-9,14,21H,10-12H2,1H3,(H,19,20). The van der Waals surface area contributed by atoms with Gasteiger partial charge in [-0.1, -0.05) is 41.6 Å². The maximum atomic E-state index is 9.33. The van der Waals surface area contributed by atoms with Crippen LogP contribution < -0.4 is 10.1 Å². The molecule has 2 aromatic carbocycles. The molecule has 3 aromatic rings. The van der Waals surface area contributed by atoms with E-state index >= 15 is 0 Å². The van der Waals surface area contributed by atoms with Gasteiger partial charge in [0, 0.05) is 19.1 Å². The predicted molar refractivity (Wildman–Crippen MR) is 89.9 cm³/mol. The first-order valence-electron chi connectivity index (χ1n) is 7.65. The Balaban J connectivity index is 1.81. The van der Waals surface area contributed by atoms with Gasteiger partial charge in [0.25, 0.3) is 0 Å². The fraction of sp³-hybridized carbons (Fsp3) is 0.278. The summed E-state index contributed by atoms with van der Waals surface area (Å²) in [6, 6.07) is 15.8. The Morgan fingerprint density at radius 3 is 2.74 bits per heavy atom. The second-order valence-electron chi connectivity index (χ2n) is 5.37. The minimum absolute atomic E-state index is 0.143. The molecule has 0 aliphatic heterocycles. The van der Waals surface area contributed by atoms with Crippen LogP contribution in [-0.4, -0.2) is 30.5 Å². The van der Waals surface area contributed by atoms with Crippen molar-refractivity contribution in [3.63, 3.8) is 0 Å². The molecule has 1 unspecified atom stereocenters. The van der Waals surface area contributed by atoms with E-state index in [2.05, 4.69) is 22.6 Å². The zero-order valence-electron chi connectivity index (χ0n) is 13.0. The molecule has 1 aromatic heterocycles. The molecule has 0 fully saturated rings. The van der Waals surface area contributed by atoms with Crippen molar-refractivity contribution in [3.8, 4) is 5.75 Å². The van der Waals surface area contributed by atoms with Crippen LogP contribution in [-0.2, 0) is 0 Å². The molecular weight excluding hydrogens is 292 g/mol. The Morgan fingerprint density at radius 2 is 2.00 bits per heavy atom. The van der Waals surface area contributed by atoms with E-state index in [1.54, 1.807) is 7.11 Å². The van der Waals surface area contributed by atoms with Crippen LogP contribution >= 0.6 is 0 Å². The van der Waals surface area contributed by atoms with Gasteiger partial charge in [0.1, 0.15) is 11.1 Å². The van der Waals surface area contributed by atoms with Gasteiger partial charge < -0.3 is 19.7 Å². The van der Waals surface area contributed by atoms with Crippen LogP contribution in [0.2, 0.25) is 0 Å². The number of aliphatic hydroxyl groups excluding tert-OH is 1. The Bertz CT molecular complexity index is 755. The van der Waals surface area contributed by atoms with E-state index < -0.39 is 0 Å². The first kappa shape index (κ1) is 15.4. The number of nitrogens with zero attached hydrogens (tertiary/aromatic N) is 1. The average Bonchev–Trinajstić information content (AvgIpc) is 3.02. The van der Waals surface area contributed by atoms with Crippen molar-refractivity contribution in [2.75, 3.05) is 25.6 Å². The first-order valence-corrected chi connectivity index (χ1v) is 7.65. The van der Waals surface area contributed by atoms with Gasteiger partial charge in [-0.2, -0.15) is 0 Å². The Kier molecular flexibility index (Phi) is 4.78. The second-order valence-corrected chi connectivity index (χ2v) is 5.37. The summed E-state index contributed by atoms with van der Waals surface area (Å²) in [6.07, 6.45) is 0.684. The summed E-state index contributed by atoms with van der Waals surface area (Å²) in [4.78, 5) is 0. The smallest absolute Gasteiger partial charge is 0.181 e. The molecule has 0 amide bonds. The minimum atomic E-state index is 0.143. The summed E-state index contributed by atoms with van der Waals surface area (Å²) >= 11 is 0. The van der Waals surface area contributed by atoms with Crippen LogP contribution in [0, 0.1) is 0 Å². The van der Waals surface area contributed by atoms with Gasteiger partial charge in [-0.25, -0.2) is 0 Å². The van der Waals surface area contributed by atoms with Gasteiger partial charge in [0.15, 0.2) is 11.4 Å². The predicted octanol–water partition coefficient (Wildman–Crippen LogP) is 3.41. The van der Waals surface area contributed by atoms with E-state index in [1.807, 2.05) is 36.4 Å². The average molecular weight is 312 g/mol. The largest absolute Gasteiger partial charge is 0.496 e. The zero-order valence-corrected chi connectivity index (χ0v) is 13.0. The topological polar surface area (TPSA) is 67.5 Å². The van der Waals surface area contributed by atoms with Crippen LogP contribution in [0.25, 0.3) is 11.0 Å². The molecular formula is C18H20N2O3. The third-order valence-corrected chi connectivity index (χ3v) is 3.94. The fourth-order valence-corrected chi connectivity index (χ4v) is 2.74. The number of aromatic nitrogens is 1. The fourth-order valence-electron chi connectivity index (χ4n) is 2.74. The number of fused-ring (bicyclic) bond motifs is 1. The van der Waals surface area contributed by atoms with Crippen molar-refractivity contribution < 1.29 is 14.4 Å². The third kappa shape index (κ3) is 3.29. The molecule has 1 heterocycles. The third-order valence-electron chi connectivity index (χ3n) is 3.94. The molecule has 0 radical (unpaired) electrons. The maximum Gasteiger partial charge on any atom is 0.181 e. The van der Waals surface area contributed by atoms with Crippen LogP contribution in [0.1, 0.15) is 17.9 Å². The van der Waals surface area contributed by atoms with Crippen LogP contribution in [0.15, 0.2) is 53.1 Å². The maximum absolute atomic E-state index is 9.33. The molecule has 0 saturated heterocycles. The normalized spacial score (nSPS) is 12.3. The number of anilines is 1. The van der Waals surface area contributed by atoms with Crippen molar-refractivity contribution >= 4 is 16.8 Å². The van der Waals surface area contributed by atoms with E-state index in [0.29, 0.717) is 24.4 Å². The molecule has 1 atom stereocenters. The molecule has 0 spiro atoms. The van der Waals surface area contributed by atoms with Gasteiger partial charge in [0.2, 0.25) is 0 Å². The summed E-state index contributed by atoms with van der Waals surface area (Å²) in [5, 5.41) is 17.6. The van der Waals surface area contributed by atoms with Gasteiger partial charge in [-0.05, 0) is 24.1 Å². The SMILES string of the molecule is COc1cccc2onc(NCC(CCO)c3ccccc3)c12. The highest BCUT2D eigenvalue weighted by Gasteiger charge is 2.16. The molecule has 5 nitrogen and oxygen atoms in total. The van der Waals surface area contributed by atoms with Crippen LogP contribution in [0.3, 0.4) is 0 Å². The van der Waals surface area contributed by atoms with Gasteiger partial charge >= 0.3 is 0 Å². The molecule has 0 saturated carbocycles. The highest BCUT2D eigenvalue weighted by Crippen LogP contribution is 2.32. The van der Waals surface area contributed by atoms with E-state index in [-0.39, 0.29) is 12.5 Å².